The Kier molecular flexibility index (Phi) is 4.34. The van der Waals surface area contributed by atoms with Crippen LogP contribution in [0.15, 0.2) is 23.1 Å². The van der Waals surface area contributed by atoms with E-state index in [-0.39, 0.29) is 16.5 Å². The highest BCUT2D eigenvalue weighted by molar-refractivity contribution is 8.13. The lowest BCUT2D eigenvalue weighted by Crippen LogP contribution is -2.33. The summed E-state index contributed by atoms with van der Waals surface area (Å²) in [7, 11) is 1.12. The molecule has 1 amide bonds. The minimum Gasteiger partial charge on any atom is -0.349 e. The fourth-order valence-corrected chi connectivity index (χ4v) is 3.20. The summed E-state index contributed by atoms with van der Waals surface area (Å²) in [5, 5.41) is 2.76. The molecule has 0 bridgehead atoms. The minimum atomic E-state index is -4.00. The van der Waals surface area contributed by atoms with Crippen molar-refractivity contribution in [3.8, 4) is 0 Å². The molecule has 1 N–H and O–H groups in total. The van der Waals surface area contributed by atoms with E-state index in [0.717, 1.165) is 37.5 Å². The van der Waals surface area contributed by atoms with E-state index in [9.17, 15) is 17.6 Å². The summed E-state index contributed by atoms with van der Waals surface area (Å²) in [5.74, 6) is -0.871. The number of hydrogen-bond acceptors (Lipinski definition) is 3. The second-order valence-electron chi connectivity index (χ2n) is 5.17. The van der Waals surface area contributed by atoms with Gasteiger partial charge in [-0.3, -0.25) is 4.79 Å². The maximum Gasteiger partial charge on any atom is 0.261 e. The van der Waals surface area contributed by atoms with Crippen LogP contribution < -0.4 is 5.32 Å². The molecule has 0 aromatic heterocycles. The maximum absolute atomic E-state index is 13.8. The lowest BCUT2D eigenvalue weighted by Gasteiger charge is -2.13. The standard InChI is InChI=1S/C13H15ClFNO3S/c1-8-2-3-9(6-8)16-13(17)11-5-4-10(7-12(11)15)20(14,18)19/h4-5,7-9H,2-3,6H2,1H3,(H,16,17). The van der Waals surface area contributed by atoms with Gasteiger partial charge in [-0.2, -0.15) is 0 Å². The van der Waals surface area contributed by atoms with Crippen LogP contribution in [0.3, 0.4) is 0 Å². The molecule has 1 aromatic carbocycles. The molecule has 1 fully saturated rings. The van der Waals surface area contributed by atoms with Crippen molar-refractivity contribution < 1.29 is 17.6 Å². The quantitative estimate of drug-likeness (QED) is 0.871. The van der Waals surface area contributed by atoms with E-state index in [1.54, 1.807) is 0 Å². The third-order valence-electron chi connectivity index (χ3n) is 3.50. The zero-order valence-corrected chi connectivity index (χ0v) is 12.5. The van der Waals surface area contributed by atoms with Crippen molar-refractivity contribution in [2.24, 2.45) is 5.92 Å². The van der Waals surface area contributed by atoms with Crippen LogP contribution >= 0.6 is 10.7 Å². The molecule has 7 heteroatoms. The van der Waals surface area contributed by atoms with E-state index in [4.69, 9.17) is 10.7 Å². The van der Waals surface area contributed by atoms with Crippen LogP contribution in [0.2, 0.25) is 0 Å². The number of halogens is 2. The normalized spacial score (nSPS) is 22.8. The van der Waals surface area contributed by atoms with Crippen molar-refractivity contribution >= 4 is 25.6 Å². The van der Waals surface area contributed by atoms with Crippen LogP contribution in [0.1, 0.15) is 36.5 Å². The molecule has 0 heterocycles. The summed E-state index contributed by atoms with van der Waals surface area (Å²) in [6.07, 6.45) is 2.79. The predicted molar refractivity (Wildman–Crippen MR) is 73.7 cm³/mol. The van der Waals surface area contributed by atoms with Crippen molar-refractivity contribution in [3.63, 3.8) is 0 Å². The van der Waals surface area contributed by atoms with Crippen molar-refractivity contribution in [1.82, 2.24) is 5.32 Å². The van der Waals surface area contributed by atoms with E-state index >= 15 is 0 Å². The van der Waals surface area contributed by atoms with E-state index in [0.29, 0.717) is 5.92 Å². The smallest absolute Gasteiger partial charge is 0.261 e. The lowest BCUT2D eigenvalue weighted by molar-refractivity contribution is 0.0933. The highest BCUT2D eigenvalue weighted by atomic mass is 35.7. The SMILES string of the molecule is CC1CCC(NC(=O)c2ccc(S(=O)(=O)Cl)cc2F)C1. The number of carbonyl (C=O) groups excluding carboxylic acids is 1. The average molecular weight is 320 g/mol. The molecule has 1 saturated carbocycles. The van der Waals surface area contributed by atoms with E-state index in [1.165, 1.54) is 0 Å². The maximum atomic E-state index is 13.8. The summed E-state index contributed by atoms with van der Waals surface area (Å²) >= 11 is 0. The van der Waals surface area contributed by atoms with Gasteiger partial charge in [0.1, 0.15) is 5.82 Å². The Labute approximate surface area is 121 Å². The Hall–Kier alpha value is -1.14. The van der Waals surface area contributed by atoms with Gasteiger partial charge in [0.05, 0.1) is 10.5 Å². The third-order valence-corrected chi connectivity index (χ3v) is 4.85. The van der Waals surface area contributed by atoms with Crippen molar-refractivity contribution in [1.29, 1.82) is 0 Å². The number of carbonyl (C=O) groups is 1. The van der Waals surface area contributed by atoms with Crippen LogP contribution in [0.25, 0.3) is 0 Å². The van der Waals surface area contributed by atoms with Gasteiger partial charge in [0.2, 0.25) is 0 Å². The number of nitrogens with one attached hydrogen (secondary N) is 1. The van der Waals surface area contributed by atoms with Crippen molar-refractivity contribution in [2.75, 3.05) is 0 Å². The first kappa shape index (κ1) is 15.3. The zero-order valence-electron chi connectivity index (χ0n) is 10.9. The van der Waals surface area contributed by atoms with Crippen LogP contribution in [0.4, 0.5) is 4.39 Å². The van der Waals surface area contributed by atoms with Crippen LogP contribution in [-0.2, 0) is 9.05 Å². The highest BCUT2D eigenvalue weighted by Crippen LogP contribution is 2.25. The van der Waals surface area contributed by atoms with E-state index in [1.807, 2.05) is 0 Å². The number of hydrogen-bond donors (Lipinski definition) is 1. The summed E-state index contributed by atoms with van der Waals surface area (Å²) in [6, 6.07) is 3.07. The number of benzene rings is 1. The number of amides is 1. The van der Waals surface area contributed by atoms with Gasteiger partial charge in [0.25, 0.3) is 15.0 Å². The summed E-state index contributed by atoms with van der Waals surface area (Å²) in [5.41, 5.74) is -0.173. The fourth-order valence-electron chi connectivity index (χ4n) is 2.43. The summed E-state index contributed by atoms with van der Waals surface area (Å²) < 4.78 is 36.0. The largest absolute Gasteiger partial charge is 0.349 e. The molecule has 1 aromatic rings. The Balaban J connectivity index is 2.15. The van der Waals surface area contributed by atoms with Gasteiger partial charge in [-0.15, -0.1) is 0 Å². The molecule has 2 atom stereocenters. The molecule has 0 aliphatic heterocycles. The zero-order chi connectivity index (χ0) is 14.9. The molecule has 20 heavy (non-hydrogen) atoms. The van der Waals surface area contributed by atoms with Gasteiger partial charge < -0.3 is 5.32 Å². The van der Waals surface area contributed by atoms with E-state index < -0.39 is 20.8 Å². The molecular formula is C13H15ClFNO3S. The van der Waals surface area contributed by atoms with E-state index in [2.05, 4.69) is 12.2 Å². The fraction of sp³-hybridized carbons (Fsp3) is 0.462. The first-order valence-corrected chi connectivity index (χ1v) is 8.63. The third kappa shape index (κ3) is 3.49. The molecule has 0 saturated heterocycles. The van der Waals surface area contributed by atoms with Crippen LogP contribution in [-0.4, -0.2) is 20.4 Å². The second-order valence-corrected chi connectivity index (χ2v) is 7.73. The molecule has 4 nitrogen and oxygen atoms in total. The molecule has 0 radical (unpaired) electrons. The first-order valence-electron chi connectivity index (χ1n) is 6.32. The summed E-state index contributed by atoms with van der Waals surface area (Å²) in [4.78, 5) is 11.6. The van der Waals surface area contributed by atoms with Crippen molar-refractivity contribution in [2.45, 2.75) is 37.1 Å². The second kappa shape index (κ2) is 5.69. The number of rotatable bonds is 3. The Morgan fingerprint density at radius 1 is 1.40 bits per heavy atom. The van der Waals surface area contributed by atoms with Gasteiger partial charge in [-0.1, -0.05) is 6.92 Å². The highest BCUT2D eigenvalue weighted by Gasteiger charge is 2.24. The van der Waals surface area contributed by atoms with Gasteiger partial charge in [-0.05, 0) is 43.4 Å². The molecule has 1 aliphatic carbocycles. The van der Waals surface area contributed by atoms with Gasteiger partial charge >= 0.3 is 0 Å². The minimum absolute atomic E-state index is 0.0494. The Morgan fingerprint density at radius 2 is 2.10 bits per heavy atom. The molecule has 2 unspecified atom stereocenters. The van der Waals surface area contributed by atoms with Gasteiger partial charge in [-0.25, -0.2) is 12.8 Å². The predicted octanol–water partition coefficient (Wildman–Crippen LogP) is 2.67. The van der Waals surface area contributed by atoms with Gasteiger partial charge in [0, 0.05) is 16.7 Å². The molecule has 2 rings (SSSR count). The molecule has 110 valence electrons. The topological polar surface area (TPSA) is 63.2 Å². The average Bonchev–Trinajstić information content (AvgIpc) is 2.73. The van der Waals surface area contributed by atoms with Crippen LogP contribution in [0.5, 0.6) is 0 Å². The molecule has 1 aliphatic rings. The summed E-state index contributed by atoms with van der Waals surface area (Å²) in [6.45, 7) is 2.10. The molecule has 0 spiro atoms. The van der Waals surface area contributed by atoms with Gasteiger partial charge in [0.15, 0.2) is 0 Å². The lowest BCUT2D eigenvalue weighted by atomic mass is 10.1. The first-order chi connectivity index (χ1) is 9.27. The van der Waals surface area contributed by atoms with Crippen LogP contribution in [0, 0.1) is 11.7 Å². The monoisotopic (exact) mass is 319 g/mol. The Morgan fingerprint density at radius 3 is 2.60 bits per heavy atom. The van der Waals surface area contributed by atoms with Crippen molar-refractivity contribution in [3.05, 3.63) is 29.6 Å². The molecular weight excluding hydrogens is 305 g/mol. The Bertz CT molecular complexity index is 633.